The van der Waals surface area contributed by atoms with Gasteiger partial charge in [0.15, 0.2) is 0 Å². The molecule has 0 saturated heterocycles. The van der Waals surface area contributed by atoms with Crippen LogP contribution < -0.4 is 5.32 Å². The van der Waals surface area contributed by atoms with Crippen molar-refractivity contribution >= 4 is 17.5 Å². The Hall–Kier alpha value is -2.07. The number of hydrogen-bond acceptors (Lipinski definition) is 3. The zero-order chi connectivity index (χ0) is 13.8. The van der Waals surface area contributed by atoms with Crippen molar-refractivity contribution < 1.29 is 9.90 Å². The van der Waals surface area contributed by atoms with Crippen LogP contribution in [0.3, 0.4) is 0 Å². The minimum atomic E-state index is -0.309. The third-order valence-corrected chi connectivity index (χ3v) is 3.05. The molecule has 2 aromatic rings. The molecule has 2 rings (SSSR count). The molecule has 0 aliphatic carbocycles. The van der Waals surface area contributed by atoms with Gasteiger partial charge < -0.3 is 10.4 Å². The Bertz CT molecular complexity index is 602. The normalized spacial score (nSPS) is 11.9. The maximum Gasteiger partial charge on any atom is 0.253 e. The Labute approximate surface area is 116 Å². The molecule has 0 saturated carbocycles. The lowest BCUT2D eigenvalue weighted by molar-refractivity contribution is 0.0939. The number of aromatic nitrogens is 1. The van der Waals surface area contributed by atoms with E-state index in [2.05, 4.69) is 10.3 Å². The monoisotopic (exact) mass is 276 g/mol. The molecule has 0 aliphatic heterocycles. The Balaban J connectivity index is 2.13. The van der Waals surface area contributed by atoms with Crippen molar-refractivity contribution in [2.45, 2.75) is 13.0 Å². The molecular weight excluding hydrogens is 264 g/mol. The standard InChI is InChI=1S/C14H13ClN2O2/c1-9(12-4-2-3-5-13(12)15)17-14(19)10-6-11(18)8-16-7-10/h2-9,18H,1H3,(H,17,19). The van der Waals surface area contributed by atoms with Crippen LogP contribution in [0.1, 0.15) is 28.9 Å². The molecule has 1 aromatic carbocycles. The van der Waals surface area contributed by atoms with Crippen LogP contribution in [-0.4, -0.2) is 16.0 Å². The van der Waals surface area contributed by atoms with E-state index in [1.54, 1.807) is 6.07 Å². The molecule has 5 heteroatoms. The summed E-state index contributed by atoms with van der Waals surface area (Å²) < 4.78 is 0. The highest BCUT2D eigenvalue weighted by Crippen LogP contribution is 2.22. The van der Waals surface area contributed by atoms with E-state index in [1.165, 1.54) is 18.5 Å². The van der Waals surface area contributed by atoms with Gasteiger partial charge in [0, 0.05) is 11.2 Å². The van der Waals surface area contributed by atoms with E-state index < -0.39 is 0 Å². The molecule has 2 N–H and O–H groups in total. The maximum atomic E-state index is 12.0. The number of rotatable bonds is 3. The highest BCUT2D eigenvalue weighted by Gasteiger charge is 2.14. The average Bonchev–Trinajstić information content (AvgIpc) is 2.39. The molecule has 1 unspecified atom stereocenters. The van der Waals surface area contributed by atoms with Crippen molar-refractivity contribution in [2.75, 3.05) is 0 Å². The van der Waals surface area contributed by atoms with E-state index in [9.17, 15) is 9.90 Å². The Morgan fingerprint density at radius 2 is 2.11 bits per heavy atom. The first-order valence-corrected chi connectivity index (χ1v) is 6.15. The number of nitrogens with one attached hydrogen (secondary N) is 1. The van der Waals surface area contributed by atoms with Gasteiger partial charge in [-0.2, -0.15) is 0 Å². The van der Waals surface area contributed by atoms with Gasteiger partial charge in [0.25, 0.3) is 5.91 Å². The third-order valence-electron chi connectivity index (χ3n) is 2.71. The average molecular weight is 277 g/mol. The summed E-state index contributed by atoms with van der Waals surface area (Å²) in [6.07, 6.45) is 2.67. The molecule has 0 fully saturated rings. The second-order valence-electron chi connectivity index (χ2n) is 4.15. The van der Waals surface area contributed by atoms with Gasteiger partial charge in [-0.25, -0.2) is 0 Å². The summed E-state index contributed by atoms with van der Waals surface area (Å²) in [4.78, 5) is 15.8. The van der Waals surface area contributed by atoms with Gasteiger partial charge >= 0.3 is 0 Å². The summed E-state index contributed by atoms with van der Waals surface area (Å²) in [5, 5.41) is 12.7. The van der Waals surface area contributed by atoms with Crippen LogP contribution in [0.15, 0.2) is 42.7 Å². The van der Waals surface area contributed by atoms with E-state index in [-0.39, 0.29) is 17.7 Å². The predicted octanol–water partition coefficient (Wildman–Crippen LogP) is 2.93. The fraction of sp³-hybridized carbons (Fsp3) is 0.143. The lowest BCUT2D eigenvalue weighted by Gasteiger charge is -2.15. The molecule has 1 heterocycles. The number of aromatic hydroxyl groups is 1. The van der Waals surface area contributed by atoms with E-state index in [1.807, 2.05) is 25.1 Å². The Kier molecular flexibility index (Phi) is 4.02. The van der Waals surface area contributed by atoms with Crippen LogP contribution in [0, 0.1) is 0 Å². The van der Waals surface area contributed by atoms with Crippen LogP contribution >= 0.6 is 11.6 Å². The second-order valence-corrected chi connectivity index (χ2v) is 4.56. The van der Waals surface area contributed by atoms with Gasteiger partial charge in [0.1, 0.15) is 5.75 Å². The van der Waals surface area contributed by atoms with Crippen LogP contribution in [0.2, 0.25) is 5.02 Å². The largest absolute Gasteiger partial charge is 0.506 e. The molecule has 98 valence electrons. The molecule has 0 bridgehead atoms. The molecule has 19 heavy (non-hydrogen) atoms. The molecule has 0 spiro atoms. The lowest BCUT2D eigenvalue weighted by Crippen LogP contribution is -2.26. The van der Waals surface area contributed by atoms with E-state index in [4.69, 9.17) is 11.6 Å². The van der Waals surface area contributed by atoms with Crippen molar-refractivity contribution in [3.05, 3.63) is 58.9 Å². The SMILES string of the molecule is CC(NC(=O)c1cncc(O)c1)c1ccccc1Cl. The number of hydrogen-bond donors (Lipinski definition) is 2. The molecule has 0 radical (unpaired) electrons. The molecule has 0 aliphatic rings. The Morgan fingerprint density at radius 3 is 2.79 bits per heavy atom. The summed E-state index contributed by atoms with van der Waals surface area (Å²) in [6, 6.07) is 8.45. The number of carbonyl (C=O) groups is 1. The van der Waals surface area contributed by atoms with Crippen LogP contribution in [0.25, 0.3) is 0 Å². The van der Waals surface area contributed by atoms with Crippen LogP contribution in [0.4, 0.5) is 0 Å². The minimum Gasteiger partial charge on any atom is -0.506 e. The number of benzene rings is 1. The smallest absolute Gasteiger partial charge is 0.253 e. The van der Waals surface area contributed by atoms with Gasteiger partial charge in [-0.1, -0.05) is 29.8 Å². The van der Waals surface area contributed by atoms with Gasteiger partial charge in [-0.15, -0.1) is 0 Å². The first kappa shape index (κ1) is 13.4. The molecule has 1 atom stereocenters. The van der Waals surface area contributed by atoms with Crippen LogP contribution in [0.5, 0.6) is 5.75 Å². The van der Waals surface area contributed by atoms with Crippen molar-refractivity contribution in [1.82, 2.24) is 10.3 Å². The first-order valence-electron chi connectivity index (χ1n) is 5.77. The number of halogens is 1. The quantitative estimate of drug-likeness (QED) is 0.906. The topological polar surface area (TPSA) is 62.2 Å². The van der Waals surface area contributed by atoms with Crippen molar-refractivity contribution in [3.63, 3.8) is 0 Å². The summed E-state index contributed by atoms with van der Waals surface area (Å²) in [6.45, 7) is 1.84. The zero-order valence-electron chi connectivity index (χ0n) is 10.3. The first-order chi connectivity index (χ1) is 9.08. The van der Waals surface area contributed by atoms with E-state index in [0.29, 0.717) is 10.6 Å². The fourth-order valence-corrected chi connectivity index (χ4v) is 2.04. The van der Waals surface area contributed by atoms with Gasteiger partial charge in [0.05, 0.1) is 17.8 Å². The molecular formula is C14H13ClN2O2. The molecule has 1 aromatic heterocycles. The lowest BCUT2D eigenvalue weighted by atomic mass is 10.1. The predicted molar refractivity (Wildman–Crippen MR) is 73.2 cm³/mol. The van der Waals surface area contributed by atoms with Crippen molar-refractivity contribution in [1.29, 1.82) is 0 Å². The minimum absolute atomic E-state index is 0.0435. The highest BCUT2D eigenvalue weighted by atomic mass is 35.5. The fourth-order valence-electron chi connectivity index (χ4n) is 1.74. The summed E-state index contributed by atoms with van der Waals surface area (Å²) >= 11 is 6.07. The zero-order valence-corrected chi connectivity index (χ0v) is 11.1. The molecule has 4 nitrogen and oxygen atoms in total. The number of amides is 1. The van der Waals surface area contributed by atoms with Gasteiger partial charge in [-0.3, -0.25) is 9.78 Å². The number of pyridine rings is 1. The number of carbonyl (C=O) groups excluding carboxylic acids is 1. The second kappa shape index (κ2) is 5.71. The number of nitrogens with zero attached hydrogens (tertiary/aromatic N) is 1. The van der Waals surface area contributed by atoms with Gasteiger partial charge in [0.2, 0.25) is 0 Å². The highest BCUT2D eigenvalue weighted by molar-refractivity contribution is 6.31. The van der Waals surface area contributed by atoms with Crippen molar-refractivity contribution in [2.24, 2.45) is 0 Å². The summed E-state index contributed by atoms with van der Waals surface area (Å²) in [5.41, 5.74) is 1.14. The third kappa shape index (κ3) is 3.23. The summed E-state index contributed by atoms with van der Waals surface area (Å²) in [5.74, 6) is -0.353. The van der Waals surface area contributed by atoms with E-state index in [0.717, 1.165) is 5.56 Å². The van der Waals surface area contributed by atoms with Crippen LogP contribution in [-0.2, 0) is 0 Å². The Morgan fingerprint density at radius 1 is 1.37 bits per heavy atom. The van der Waals surface area contributed by atoms with E-state index >= 15 is 0 Å². The summed E-state index contributed by atoms with van der Waals surface area (Å²) in [7, 11) is 0. The van der Waals surface area contributed by atoms with Gasteiger partial charge in [-0.05, 0) is 24.6 Å². The van der Waals surface area contributed by atoms with Crippen molar-refractivity contribution in [3.8, 4) is 5.75 Å². The molecule has 1 amide bonds. The maximum absolute atomic E-state index is 12.0.